The van der Waals surface area contributed by atoms with Crippen LogP contribution in [0, 0.1) is 5.41 Å². The molecule has 0 N–H and O–H groups in total. The monoisotopic (exact) mass is 591 g/mol. The number of fused-ring (bicyclic) bond motifs is 3. The first kappa shape index (κ1) is 27.9. The second-order valence-electron chi connectivity index (χ2n) is 11.1. The highest BCUT2D eigenvalue weighted by molar-refractivity contribution is 9.10. The molecule has 11 heteroatoms. The van der Waals surface area contributed by atoms with Crippen molar-refractivity contribution in [3.05, 3.63) is 46.2 Å². The number of rotatable bonds is 6. The smallest absolute Gasteiger partial charge is 0.427 e. The second-order valence-corrected chi connectivity index (χ2v) is 12.1. The zero-order valence-electron chi connectivity index (χ0n) is 21.3. The standard InChI is InChI=1S/C26H31BrF5N3O2/c1-22(2,26(30,31)32)37-21(36)35(18-7-5-6-17(27)14-18)16-24-8-11-25(12-9-24,13-10-24)19-15-20(23(3,28)29)34(4)33-19/h5-7,14-15H,8-13,16H2,1-4H3. The Hall–Kier alpha value is -2.17. The van der Waals surface area contributed by atoms with Crippen molar-refractivity contribution < 1.29 is 31.5 Å². The van der Waals surface area contributed by atoms with Gasteiger partial charge in [-0.1, -0.05) is 22.0 Å². The van der Waals surface area contributed by atoms with E-state index in [1.54, 1.807) is 24.3 Å². The molecule has 1 aromatic heterocycles. The molecule has 0 spiro atoms. The van der Waals surface area contributed by atoms with Gasteiger partial charge in [-0.15, -0.1) is 0 Å². The van der Waals surface area contributed by atoms with Gasteiger partial charge in [0.25, 0.3) is 5.92 Å². The lowest BCUT2D eigenvalue weighted by Gasteiger charge is -2.54. The Morgan fingerprint density at radius 2 is 1.65 bits per heavy atom. The predicted molar refractivity (Wildman–Crippen MR) is 133 cm³/mol. The molecular weight excluding hydrogens is 561 g/mol. The van der Waals surface area contributed by atoms with Crippen LogP contribution in [0.1, 0.15) is 70.7 Å². The Morgan fingerprint density at radius 3 is 2.14 bits per heavy atom. The minimum absolute atomic E-state index is 0.130. The Labute approximate surface area is 221 Å². The maximum Gasteiger partial charge on any atom is 0.427 e. The van der Waals surface area contributed by atoms with Crippen LogP contribution in [0.5, 0.6) is 0 Å². The maximum absolute atomic E-state index is 14.0. The van der Waals surface area contributed by atoms with Crippen LogP contribution in [-0.4, -0.2) is 34.2 Å². The van der Waals surface area contributed by atoms with Crippen molar-refractivity contribution in [1.29, 1.82) is 0 Å². The van der Waals surface area contributed by atoms with Crippen molar-refractivity contribution in [3.8, 4) is 0 Å². The summed E-state index contributed by atoms with van der Waals surface area (Å²) < 4.78 is 75.4. The number of amides is 1. The summed E-state index contributed by atoms with van der Waals surface area (Å²) in [7, 11) is 1.52. The lowest BCUT2D eigenvalue weighted by Crippen LogP contribution is -2.53. The van der Waals surface area contributed by atoms with Crippen LogP contribution in [0.3, 0.4) is 0 Å². The lowest BCUT2D eigenvalue weighted by molar-refractivity contribution is -0.243. The topological polar surface area (TPSA) is 47.4 Å². The molecule has 0 unspecified atom stereocenters. The summed E-state index contributed by atoms with van der Waals surface area (Å²) in [6.07, 6.45) is -1.59. The zero-order chi connectivity index (χ0) is 27.4. The van der Waals surface area contributed by atoms with Crippen molar-refractivity contribution >= 4 is 27.7 Å². The zero-order valence-corrected chi connectivity index (χ0v) is 22.8. The van der Waals surface area contributed by atoms with E-state index in [0.717, 1.165) is 20.8 Å². The number of halogens is 6. The average molecular weight is 592 g/mol. The summed E-state index contributed by atoms with van der Waals surface area (Å²) >= 11 is 3.37. The Balaban J connectivity index is 1.57. The van der Waals surface area contributed by atoms with E-state index >= 15 is 0 Å². The molecule has 2 bridgehead atoms. The summed E-state index contributed by atoms with van der Waals surface area (Å²) in [6, 6.07) is 8.32. The number of nitrogens with zero attached hydrogens (tertiary/aromatic N) is 3. The van der Waals surface area contributed by atoms with Crippen LogP contribution < -0.4 is 4.90 Å². The number of anilines is 1. The summed E-state index contributed by atoms with van der Waals surface area (Å²) in [5, 5.41) is 4.44. The van der Waals surface area contributed by atoms with Crippen molar-refractivity contribution in [2.75, 3.05) is 11.4 Å². The molecule has 3 aliphatic rings. The highest BCUT2D eigenvalue weighted by Gasteiger charge is 2.54. The quantitative estimate of drug-likeness (QED) is 0.321. The maximum atomic E-state index is 14.0. The van der Waals surface area contributed by atoms with Crippen LogP contribution in [-0.2, 0) is 23.1 Å². The molecule has 3 saturated carbocycles. The fourth-order valence-electron chi connectivity index (χ4n) is 5.59. The van der Waals surface area contributed by atoms with Crippen LogP contribution >= 0.6 is 15.9 Å². The number of benzene rings is 1. The third-order valence-electron chi connectivity index (χ3n) is 8.13. The molecule has 5 rings (SSSR count). The van der Waals surface area contributed by atoms with E-state index < -0.39 is 23.8 Å². The Morgan fingerprint density at radius 1 is 1.05 bits per heavy atom. The fourth-order valence-corrected chi connectivity index (χ4v) is 5.98. The van der Waals surface area contributed by atoms with Gasteiger partial charge in [0, 0.05) is 36.1 Å². The summed E-state index contributed by atoms with van der Waals surface area (Å²) in [5.41, 5.74) is -2.32. The molecule has 1 amide bonds. The minimum atomic E-state index is -4.73. The second kappa shape index (κ2) is 9.24. The summed E-state index contributed by atoms with van der Waals surface area (Å²) in [5.74, 6) is -3.00. The van der Waals surface area contributed by atoms with E-state index in [9.17, 15) is 26.7 Å². The molecule has 0 aliphatic heterocycles. The van der Waals surface area contributed by atoms with E-state index in [-0.39, 0.29) is 23.1 Å². The van der Waals surface area contributed by atoms with Gasteiger partial charge < -0.3 is 4.74 Å². The van der Waals surface area contributed by atoms with Gasteiger partial charge in [0.15, 0.2) is 0 Å². The van der Waals surface area contributed by atoms with Crippen LogP contribution in [0.2, 0.25) is 0 Å². The first-order valence-electron chi connectivity index (χ1n) is 12.2. The van der Waals surface area contributed by atoms with Gasteiger partial charge in [0.1, 0.15) is 5.69 Å². The molecule has 2 aromatic rings. The van der Waals surface area contributed by atoms with E-state index in [0.29, 0.717) is 54.4 Å². The third-order valence-corrected chi connectivity index (χ3v) is 8.63. The van der Waals surface area contributed by atoms with E-state index in [2.05, 4.69) is 21.0 Å². The van der Waals surface area contributed by atoms with Crippen LogP contribution in [0.25, 0.3) is 0 Å². The molecule has 3 fully saturated rings. The molecular formula is C26H31BrF5N3O2. The van der Waals surface area contributed by atoms with Crippen LogP contribution in [0.4, 0.5) is 32.4 Å². The number of hydrogen-bond donors (Lipinski definition) is 0. The highest BCUT2D eigenvalue weighted by atomic mass is 79.9. The molecule has 3 aliphatic carbocycles. The highest BCUT2D eigenvalue weighted by Crippen LogP contribution is 2.58. The van der Waals surface area contributed by atoms with Gasteiger partial charge in [-0.3, -0.25) is 9.58 Å². The van der Waals surface area contributed by atoms with Gasteiger partial charge >= 0.3 is 12.3 Å². The van der Waals surface area contributed by atoms with Gasteiger partial charge in [0.2, 0.25) is 5.60 Å². The first-order chi connectivity index (χ1) is 17.0. The number of hydrogen-bond acceptors (Lipinski definition) is 3. The summed E-state index contributed by atoms with van der Waals surface area (Å²) in [6.45, 7) is 2.72. The predicted octanol–water partition coefficient (Wildman–Crippen LogP) is 7.87. The van der Waals surface area contributed by atoms with Crippen molar-refractivity contribution in [2.45, 2.75) is 82.4 Å². The largest absolute Gasteiger partial charge is 0.433 e. The van der Waals surface area contributed by atoms with E-state index in [4.69, 9.17) is 4.74 Å². The van der Waals surface area contributed by atoms with Gasteiger partial charge in [-0.2, -0.15) is 27.1 Å². The van der Waals surface area contributed by atoms with Gasteiger partial charge in [0.05, 0.1) is 5.69 Å². The molecule has 37 heavy (non-hydrogen) atoms. The lowest BCUT2D eigenvalue weighted by atomic mass is 9.52. The molecule has 5 nitrogen and oxygen atoms in total. The number of aryl methyl sites for hydroxylation is 1. The number of ether oxygens (including phenoxy) is 1. The van der Waals surface area contributed by atoms with Crippen molar-refractivity contribution in [3.63, 3.8) is 0 Å². The van der Waals surface area contributed by atoms with Crippen LogP contribution in [0.15, 0.2) is 34.8 Å². The van der Waals surface area contributed by atoms with Gasteiger partial charge in [-0.25, -0.2) is 4.79 Å². The minimum Gasteiger partial charge on any atom is -0.433 e. The molecule has 204 valence electrons. The number of alkyl halides is 5. The van der Waals surface area contributed by atoms with E-state index in [1.807, 2.05) is 0 Å². The van der Waals surface area contributed by atoms with Crippen molar-refractivity contribution in [2.24, 2.45) is 12.5 Å². The normalized spacial score (nSPS) is 24.3. The Kier molecular flexibility index (Phi) is 6.95. The molecule has 0 saturated heterocycles. The van der Waals surface area contributed by atoms with Gasteiger partial charge in [-0.05, 0) is 82.1 Å². The first-order valence-corrected chi connectivity index (χ1v) is 13.0. The molecule has 0 radical (unpaired) electrons. The number of carbonyl (C=O) groups is 1. The number of aromatic nitrogens is 2. The Bertz CT molecular complexity index is 1150. The average Bonchev–Trinajstić information content (AvgIpc) is 3.21. The molecule has 1 aromatic carbocycles. The SMILES string of the molecule is Cn1nc(C23CCC(CN(C(=O)OC(C)(C)C(F)(F)F)c4cccc(Br)c4)(CC2)CC3)cc1C(C)(F)F. The van der Waals surface area contributed by atoms with Crippen molar-refractivity contribution in [1.82, 2.24) is 9.78 Å². The fraction of sp³-hybridized carbons (Fsp3) is 0.615. The third kappa shape index (κ3) is 5.38. The summed E-state index contributed by atoms with van der Waals surface area (Å²) in [4.78, 5) is 14.5. The molecule has 1 heterocycles. The number of carbonyl (C=O) groups excluding carboxylic acids is 1. The van der Waals surface area contributed by atoms with E-state index in [1.165, 1.54) is 22.7 Å². The molecule has 0 atom stereocenters.